The van der Waals surface area contributed by atoms with E-state index in [2.05, 4.69) is 36.3 Å². The maximum Gasteiger partial charge on any atom is 0.446 e. The van der Waals surface area contributed by atoms with Gasteiger partial charge in [0, 0.05) is 0 Å². The Labute approximate surface area is 196 Å². The van der Waals surface area contributed by atoms with E-state index in [9.17, 15) is 13.2 Å². The number of esters is 1. The van der Waals surface area contributed by atoms with E-state index in [0.29, 0.717) is 5.92 Å². The third-order valence-electron chi connectivity index (χ3n) is 5.43. The fourth-order valence-corrected chi connectivity index (χ4v) is 3.93. The zero-order valence-corrected chi connectivity index (χ0v) is 20.6. The van der Waals surface area contributed by atoms with Crippen LogP contribution in [0.3, 0.4) is 0 Å². The van der Waals surface area contributed by atoms with Crippen molar-refractivity contribution < 1.29 is 31.1 Å². The lowest BCUT2D eigenvalue weighted by Gasteiger charge is -2.11. The highest BCUT2D eigenvalue weighted by atomic mass is 32.3. The largest absolute Gasteiger partial charge is 0.472 e. The number of rotatable bonds is 13. The molecular formula is C25H34O7S. The molecule has 0 radical (unpaired) electrons. The molecule has 7 nitrogen and oxygen atoms in total. The maximum atomic E-state index is 11.7. The molecule has 0 spiro atoms. The zero-order chi connectivity index (χ0) is 24.4. The lowest BCUT2D eigenvalue weighted by atomic mass is 9.97. The molecule has 0 saturated heterocycles. The van der Waals surface area contributed by atoms with E-state index < -0.39 is 16.4 Å². The van der Waals surface area contributed by atoms with E-state index in [1.54, 1.807) is 18.6 Å². The lowest BCUT2D eigenvalue weighted by molar-refractivity contribution is -0.133. The second kappa shape index (κ2) is 12.6. The molecule has 0 aliphatic carbocycles. The summed E-state index contributed by atoms with van der Waals surface area (Å²) in [7, 11) is -4.74. The predicted octanol–water partition coefficient (Wildman–Crippen LogP) is 6.08. The van der Waals surface area contributed by atoms with Crippen LogP contribution in [0.2, 0.25) is 0 Å². The highest BCUT2D eigenvalue weighted by Crippen LogP contribution is 2.30. The number of carbonyl (C=O) groups is 1. The highest BCUT2D eigenvalue weighted by Gasteiger charge is 2.31. The summed E-state index contributed by atoms with van der Waals surface area (Å²) in [5, 5.41) is 0. The Morgan fingerprint density at radius 2 is 1.97 bits per heavy atom. The molecule has 1 aromatic rings. The zero-order valence-electron chi connectivity index (χ0n) is 19.7. The van der Waals surface area contributed by atoms with Gasteiger partial charge in [0.15, 0.2) is 11.5 Å². The quantitative estimate of drug-likeness (QED) is 0.208. The van der Waals surface area contributed by atoms with Crippen LogP contribution in [0.15, 0.2) is 70.0 Å². The van der Waals surface area contributed by atoms with Crippen LogP contribution in [0, 0.1) is 11.8 Å². The number of allylic oxidation sites excluding steroid dienone is 5. The summed E-state index contributed by atoms with van der Waals surface area (Å²) < 4.78 is 45.7. The third-order valence-corrected chi connectivity index (χ3v) is 5.80. The Morgan fingerprint density at radius 1 is 1.24 bits per heavy atom. The van der Waals surface area contributed by atoms with Crippen molar-refractivity contribution in [2.45, 2.75) is 66.2 Å². The Kier molecular flexibility index (Phi) is 10.2. The van der Waals surface area contributed by atoms with Crippen molar-refractivity contribution in [3.05, 3.63) is 71.1 Å². The van der Waals surface area contributed by atoms with Gasteiger partial charge >= 0.3 is 16.4 Å². The monoisotopic (exact) mass is 478 g/mol. The summed E-state index contributed by atoms with van der Waals surface area (Å²) >= 11 is 0. The van der Waals surface area contributed by atoms with Crippen LogP contribution < -0.4 is 0 Å². The average Bonchev–Trinajstić information content (AvgIpc) is 3.31. The van der Waals surface area contributed by atoms with Crippen molar-refractivity contribution in [3.63, 3.8) is 0 Å². The van der Waals surface area contributed by atoms with Crippen molar-refractivity contribution in [2.75, 3.05) is 0 Å². The van der Waals surface area contributed by atoms with Gasteiger partial charge in [-0.05, 0) is 75.5 Å². The van der Waals surface area contributed by atoms with Crippen LogP contribution in [0.25, 0.3) is 0 Å². The second-order valence-electron chi connectivity index (χ2n) is 8.62. The highest BCUT2D eigenvalue weighted by molar-refractivity contribution is 7.81. The van der Waals surface area contributed by atoms with Crippen LogP contribution in [0.1, 0.15) is 65.4 Å². The molecule has 0 amide bonds. The predicted molar refractivity (Wildman–Crippen MR) is 126 cm³/mol. The molecule has 182 valence electrons. The first-order chi connectivity index (χ1) is 15.5. The number of furan rings is 1. The van der Waals surface area contributed by atoms with E-state index in [0.717, 1.165) is 38.5 Å². The Balaban J connectivity index is 1.73. The third kappa shape index (κ3) is 9.84. The van der Waals surface area contributed by atoms with Crippen molar-refractivity contribution in [3.8, 4) is 0 Å². The van der Waals surface area contributed by atoms with Gasteiger partial charge in [0.05, 0.1) is 18.1 Å². The first kappa shape index (κ1) is 26.7. The lowest BCUT2D eigenvalue weighted by Crippen LogP contribution is -2.05. The van der Waals surface area contributed by atoms with Gasteiger partial charge in [-0.2, -0.15) is 8.42 Å². The van der Waals surface area contributed by atoms with Crippen LogP contribution in [-0.2, 0) is 30.5 Å². The fourth-order valence-electron chi connectivity index (χ4n) is 3.51. The SMILES string of the molecule is CC1=C(OS(=O)(=O)O)/C(=C/[C@@H](C)CCC[C@H](C)/C=C/C/C(C)=C/CCc2ccoc2)OC1=O. The van der Waals surface area contributed by atoms with Crippen LogP contribution in [-0.4, -0.2) is 18.9 Å². The molecule has 2 heterocycles. The molecule has 33 heavy (non-hydrogen) atoms. The van der Waals surface area contributed by atoms with E-state index >= 15 is 0 Å². The molecule has 2 rings (SSSR count). The molecule has 0 aromatic carbocycles. The number of carbonyl (C=O) groups excluding carboxylic acids is 1. The topological polar surface area (TPSA) is 103 Å². The van der Waals surface area contributed by atoms with Crippen molar-refractivity contribution in [1.82, 2.24) is 0 Å². The fraction of sp³-hybridized carbons (Fsp3) is 0.480. The van der Waals surface area contributed by atoms with Gasteiger partial charge in [0.25, 0.3) is 0 Å². The average molecular weight is 479 g/mol. The summed E-state index contributed by atoms with van der Waals surface area (Å²) in [5.74, 6) is -0.426. The van der Waals surface area contributed by atoms with E-state index in [4.69, 9.17) is 13.7 Å². The van der Waals surface area contributed by atoms with Gasteiger partial charge in [-0.25, -0.2) is 4.79 Å². The molecule has 2 atom stereocenters. The van der Waals surface area contributed by atoms with Gasteiger partial charge in [0.1, 0.15) is 0 Å². The van der Waals surface area contributed by atoms with Gasteiger partial charge in [-0.1, -0.05) is 44.1 Å². The molecule has 0 fully saturated rings. The number of aryl methyl sites for hydroxylation is 1. The summed E-state index contributed by atoms with van der Waals surface area (Å²) in [4.78, 5) is 11.7. The summed E-state index contributed by atoms with van der Waals surface area (Å²) in [5.41, 5.74) is 2.57. The van der Waals surface area contributed by atoms with Gasteiger partial charge in [-0.15, -0.1) is 0 Å². The van der Waals surface area contributed by atoms with Crippen LogP contribution in [0.4, 0.5) is 0 Å². The molecule has 1 N–H and O–H groups in total. The molecule has 1 aliphatic rings. The van der Waals surface area contributed by atoms with E-state index in [-0.39, 0.29) is 23.0 Å². The van der Waals surface area contributed by atoms with Crippen LogP contribution >= 0.6 is 0 Å². The molecule has 1 aliphatic heterocycles. The second-order valence-corrected chi connectivity index (χ2v) is 9.65. The Hall–Kier alpha value is -2.58. The Bertz CT molecular complexity index is 1010. The molecule has 0 bridgehead atoms. The summed E-state index contributed by atoms with van der Waals surface area (Å²) in [6.45, 7) is 7.67. The normalized spacial score (nSPS) is 18.3. The first-order valence-corrected chi connectivity index (χ1v) is 12.6. The summed E-state index contributed by atoms with van der Waals surface area (Å²) in [6, 6.07) is 1.99. The van der Waals surface area contributed by atoms with Crippen molar-refractivity contribution in [1.29, 1.82) is 0 Å². The van der Waals surface area contributed by atoms with Gasteiger partial charge in [-0.3, -0.25) is 4.55 Å². The number of ether oxygens (including phenoxy) is 1. The molecule has 0 unspecified atom stereocenters. The molecular weight excluding hydrogens is 444 g/mol. The minimum atomic E-state index is -4.74. The minimum absolute atomic E-state index is 0.00987. The van der Waals surface area contributed by atoms with Gasteiger partial charge < -0.3 is 13.3 Å². The summed E-state index contributed by atoms with van der Waals surface area (Å²) in [6.07, 6.45) is 17.6. The number of hydrogen-bond donors (Lipinski definition) is 1. The number of cyclic esters (lactones) is 1. The first-order valence-electron chi connectivity index (χ1n) is 11.2. The smallest absolute Gasteiger partial charge is 0.446 e. The number of hydrogen-bond acceptors (Lipinski definition) is 6. The van der Waals surface area contributed by atoms with E-state index in [1.165, 1.54) is 18.1 Å². The maximum absolute atomic E-state index is 11.7. The van der Waals surface area contributed by atoms with Crippen molar-refractivity contribution in [2.24, 2.45) is 11.8 Å². The molecule has 8 heteroatoms. The van der Waals surface area contributed by atoms with Crippen molar-refractivity contribution >= 4 is 16.4 Å². The van der Waals surface area contributed by atoms with Crippen LogP contribution in [0.5, 0.6) is 0 Å². The Morgan fingerprint density at radius 3 is 2.64 bits per heavy atom. The van der Waals surface area contributed by atoms with Gasteiger partial charge in [0.2, 0.25) is 0 Å². The molecule has 1 aromatic heterocycles. The minimum Gasteiger partial charge on any atom is -0.472 e. The molecule has 0 saturated carbocycles. The standard InChI is InChI=1S/C25H34O7S/c1-18(8-5-9-19(2)11-7-13-22-14-15-30-17-22)10-6-12-20(3)16-23-24(32-33(27,28)29)21(4)25(26)31-23/h5,8,11,14-18,20H,6-7,9-10,12-13H2,1-4H3,(H,27,28,29)/b8-5+,19-11+,23-16-/t18-,20+/m1/s1. The van der Waals surface area contributed by atoms with E-state index in [1.807, 2.05) is 13.0 Å².